The first-order valence-electron chi connectivity index (χ1n) is 6.79. The second-order valence-corrected chi connectivity index (χ2v) is 5.45. The average Bonchev–Trinajstić information content (AvgIpc) is 2.71. The monoisotopic (exact) mass is 306 g/mol. The van der Waals surface area contributed by atoms with Gasteiger partial charge in [-0.2, -0.15) is 0 Å². The highest BCUT2D eigenvalue weighted by Crippen LogP contribution is 2.21. The zero-order chi connectivity index (χ0) is 16.3. The first-order chi connectivity index (χ1) is 10.4. The summed E-state index contributed by atoms with van der Waals surface area (Å²) in [5.74, 6) is -1.50. The van der Waals surface area contributed by atoms with Gasteiger partial charge in [0.15, 0.2) is 0 Å². The lowest BCUT2D eigenvalue weighted by Crippen LogP contribution is -2.47. The van der Waals surface area contributed by atoms with Gasteiger partial charge in [0.25, 0.3) is 11.8 Å². The van der Waals surface area contributed by atoms with Crippen molar-refractivity contribution in [3.63, 3.8) is 0 Å². The highest BCUT2D eigenvalue weighted by molar-refractivity contribution is 6.22. The fraction of sp³-hybridized carbons (Fsp3) is 0.400. The van der Waals surface area contributed by atoms with Gasteiger partial charge in [-0.15, -0.1) is 0 Å². The molecule has 0 fully saturated rings. The fourth-order valence-corrected chi connectivity index (χ4v) is 2.23. The van der Waals surface area contributed by atoms with E-state index in [0.29, 0.717) is 11.1 Å². The van der Waals surface area contributed by atoms with Crippen molar-refractivity contribution in [1.82, 2.24) is 10.2 Å². The van der Waals surface area contributed by atoms with Crippen LogP contribution in [0.2, 0.25) is 0 Å². The lowest BCUT2D eigenvalue weighted by atomic mass is 10.1. The van der Waals surface area contributed by atoms with Gasteiger partial charge in [-0.1, -0.05) is 12.1 Å². The second-order valence-electron chi connectivity index (χ2n) is 5.45. The van der Waals surface area contributed by atoms with Crippen LogP contribution in [0.4, 0.5) is 0 Å². The number of ether oxygens (including phenoxy) is 1. The number of hydrogen-bond acceptors (Lipinski definition) is 5. The molecule has 1 aromatic carbocycles. The van der Waals surface area contributed by atoms with E-state index in [1.54, 1.807) is 24.3 Å². The summed E-state index contributed by atoms with van der Waals surface area (Å²) < 4.78 is 4.83. The van der Waals surface area contributed by atoms with Crippen molar-refractivity contribution in [2.24, 2.45) is 0 Å². The third-order valence-corrected chi connectivity index (χ3v) is 3.30. The average molecular weight is 306 g/mol. The number of nitrogens with zero attached hydrogens (tertiary/aromatic N) is 1. The Morgan fingerprint density at radius 1 is 1.27 bits per heavy atom. The maximum atomic E-state index is 12.1. The van der Waals surface area contributed by atoms with Gasteiger partial charge >= 0.3 is 0 Å². The van der Waals surface area contributed by atoms with Gasteiger partial charge in [-0.3, -0.25) is 19.3 Å². The van der Waals surface area contributed by atoms with Gasteiger partial charge in [0, 0.05) is 13.7 Å². The molecule has 2 N–H and O–H groups in total. The number of aliphatic hydroxyl groups is 1. The summed E-state index contributed by atoms with van der Waals surface area (Å²) in [6.07, 6.45) is 0. The van der Waals surface area contributed by atoms with E-state index in [1.807, 2.05) is 0 Å². The van der Waals surface area contributed by atoms with E-state index in [4.69, 9.17) is 4.74 Å². The van der Waals surface area contributed by atoms with Crippen molar-refractivity contribution < 1.29 is 24.2 Å². The Balaban J connectivity index is 1.96. The predicted molar refractivity (Wildman–Crippen MR) is 77.3 cm³/mol. The molecule has 1 aliphatic heterocycles. The van der Waals surface area contributed by atoms with E-state index >= 15 is 0 Å². The summed E-state index contributed by atoms with van der Waals surface area (Å²) in [6, 6.07) is 6.43. The third-order valence-electron chi connectivity index (χ3n) is 3.30. The van der Waals surface area contributed by atoms with Gasteiger partial charge in [-0.05, 0) is 19.1 Å². The Bertz CT molecular complexity index is 577. The van der Waals surface area contributed by atoms with Gasteiger partial charge in [0.2, 0.25) is 5.91 Å². The number of carbonyl (C=O) groups is 3. The standard InChI is InChI=1S/C15H18N2O5/c1-15(21,9-22-2)8-16-12(18)7-17-13(19)10-5-3-4-6-11(10)14(17)20/h3-6,21H,7-9H2,1-2H3,(H,16,18). The molecule has 22 heavy (non-hydrogen) atoms. The van der Waals surface area contributed by atoms with Crippen LogP contribution in [-0.2, 0) is 9.53 Å². The van der Waals surface area contributed by atoms with E-state index in [9.17, 15) is 19.5 Å². The molecule has 1 aromatic rings. The maximum absolute atomic E-state index is 12.1. The Labute approximate surface area is 127 Å². The van der Waals surface area contributed by atoms with Crippen LogP contribution in [0.5, 0.6) is 0 Å². The van der Waals surface area contributed by atoms with Crippen molar-refractivity contribution in [3.8, 4) is 0 Å². The number of fused-ring (bicyclic) bond motifs is 1. The molecule has 1 aliphatic rings. The molecule has 1 unspecified atom stereocenters. The van der Waals surface area contributed by atoms with Gasteiger partial charge in [0.05, 0.1) is 17.7 Å². The van der Waals surface area contributed by atoms with Crippen LogP contribution < -0.4 is 5.32 Å². The number of carbonyl (C=O) groups excluding carboxylic acids is 3. The molecule has 0 saturated carbocycles. The lowest BCUT2D eigenvalue weighted by molar-refractivity contribution is -0.123. The molecule has 0 radical (unpaired) electrons. The van der Waals surface area contributed by atoms with E-state index in [1.165, 1.54) is 14.0 Å². The van der Waals surface area contributed by atoms with E-state index in [2.05, 4.69) is 5.32 Å². The number of rotatable bonds is 6. The maximum Gasteiger partial charge on any atom is 0.262 e. The Hall–Kier alpha value is -2.25. The fourth-order valence-electron chi connectivity index (χ4n) is 2.23. The molecule has 7 heteroatoms. The molecular weight excluding hydrogens is 288 g/mol. The summed E-state index contributed by atoms with van der Waals surface area (Å²) in [5, 5.41) is 12.4. The Kier molecular flexibility index (Phi) is 4.58. The van der Waals surface area contributed by atoms with E-state index in [0.717, 1.165) is 4.90 Å². The van der Waals surface area contributed by atoms with Crippen LogP contribution in [-0.4, -0.2) is 60.1 Å². The molecule has 3 amide bonds. The summed E-state index contributed by atoms with van der Waals surface area (Å²) in [4.78, 5) is 37.0. The molecule has 0 aromatic heterocycles. The van der Waals surface area contributed by atoms with Gasteiger partial charge in [-0.25, -0.2) is 0 Å². The number of hydrogen-bond donors (Lipinski definition) is 2. The van der Waals surface area contributed by atoms with Crippen molar-refractivity contribution in [2.45, 2.75) is 12.5 Å². The highest BCUT2D eigenvalue weighted by atomic mass is 16.5. The topological polar surface area (TPSA) is 95.9 Å². The number of nitrogens with one attached hydrogen (secondary N) is 1. The van der Waals surface area contributed by atoms with Crippen LogP contribution in [0.25, 0.3) is 0 Å². The zero-order valence-corrected chi connectivity index (χ0v) is 12.5. The van der Waals surface area contributed by atoms with E-state index in [-0.39, 0.29) is 19.7 Å². The lowest BCUT2D eigenvalue weighted by Gasteiger charge is -2.23. The molecule has 2 rings (SSSR count). The number of imide groups is 1. The molecular formula is C15H18N2O5. The van der Waals surface area contributed by atoms with Crippen LogP contribution in [0, 0.1) is 0 Å². The first-order valence-corrected chi connectivity index (χ1v) is 6.79. The van der Waals surface area contributed by atoms with Crippen LogP contribution in [0.1, 0.15) is 27.6 Å². The summed E-state index contributed by atoms with van der Waals surface area (Å²) in [7, 11) is 1.44. The second kappa shape index (κ2) is 6.25. The minimum Gasteiger partial charge on any atom is -0.386 e. The highest BCUT2D eigenvalue weighted by Gasteiger charge is 2.36. The van der Waals surface area contributed by atoms with Crippen molar-refractivity contribution in [2.75, 3.05) is 26.8 Å². The number of benzene rings is 1. The van der Waals surface area contributed by atoms with Gasteiger partial charge in [0.1, 0.15) is 12.1 Å². The van der Waals surface area contributed by atoms with Crippen LogP contribution in [0.15, 0.2) is 24.3 Å². The van der Waals surface area contributed by atoms with Crippen molar-refractivity contribution >= 4 is 17.7 Å². The van der Waals surface area contributed by atoms with Gasteiger partial charge < -0.3 is 15.2 Å². The van der Waals surface area contributed by atoms with Crippen molar-refractivity contribution in [1.29, 1.82) is 0 Å². The van der Waals surface area contributed by atoms with Crippen molar-refractivity contribution in [3.05, 3.63) is 35.4 Å². The predicted octanol–water partition coefficient (Wildman–Crippen LogP) is -0.204. The molecule has 0 aliphatic carbocycles. The summed E-state index contributed by atoms with van der Waals surface area (Å²) >= 11 is 0. The van der Waals surface area contributed by atoms with Crippen LogP contribution in [0.3, 0.4) is 0 Å². The molecule has 0 saturated heterocycles. The molecule has 118 valence electrons. The SMILES string of the molecule is COCC(C)(O)CNC(=O)CN1C(=O)c2ccccc2C1=O. The Morgan fingerprint density at radius 3 is 2.32 bits per heavy atom. The zero-order valence-electron chi connectivity index (χ0n) is 12.5. The molecule has 0 bridgehead atoms. The number of methoxy groups -OCH3 is 1. The summed E-state index contributed by atoms with van der Waals surface area (Å²) in [5.41, 5.74) is -0.620. The molecule has 0 spiro atoms. The normalized spacial score (nSPS) is 16.4. The molecule has 7 nitrogen and oxygen atoms in total. The smallest absolute Gasteiger partial charge is 0.262 e. The van der Waals surface area contributed by atoms with E-state index < -0.39 is 23.3 Å². The minimum absolute atomic E-state index is 0.0388. The van der Waals surface area contributed by atoms with Crippen LogP contribution >= 0.6 is 0 Å². The quantitative estimate of drug-likeness (QED) is 0.709. The minimum atomic E-state index is -1.22. The molecule has 1 heterocycles. The largest absolute Gasteiger partial charge is 0.386 e. The first kappa shape index (κ1) is 16.1. The third kappa shape index (κ3) is 3.32. The molecule has 1 atom stereocenters. The Morgan fingerprint density at radius 2 is 1.82 bits per heavy atom. The summed E-state index contributed by atoms with van der Waals surface area (Å²) in [6.45, 7) is 1.15. The number of amides is 3.